The molecule has 0 aliphatic heterocycles. The second-order valence-electron chi connectivity index (χ2n) is 5.22. The van der Waals surface area contributed by atoms with Gasteiger partial charge in [0.1, 0.15) is 5.78 Å². The fourth-order valence-electron chi connectivity index (χ4n) is 2.13. The summed E-state index contributed by atoms with van der Waals surface area (Å²) < 4.78 is 0. The fraction of sp³-hybridized carbons (Fsp3) is 0.500. The van der Waals surface area contributed by atoms with Crippen LogP contribution in [0.1, 0.15) is 47.6 Å². The number of hydrogen-bond donors (Lipinski definition) is 1. The van der Waals surface area contributed by atoms with Gasteiger partial charge in [0.2, 0.25) is 5.91 Å². The van der Waals surface area contributed by atoms with Crippen molar-refractivity contribution >= 4 is 11.7 Å². The molecule has 1 amide bonds. The minimum Gasteiger partial charge on any atom is -0.352 e. The number of benzene rings is 1. The van der Waals surface area contributed by atoms with Crippen LogP contribution in [0.2, 0.25) is 0 Å². The lowest BCUT2D eigenvalue weighted by molar-refractivity contribution is -0.124. The van der Waals surface area contributed by atoms with Crippen LogP contribution >= 0.6 is 0 Å². The molecule has 0 aromatic heterocycles. The first-order chi connectivity index (χ1) is 8.82. The Bertz CT molecular complexity index is 478. The maximum atomic E-state index is 11.6. The minimum atomic E-state index is -0.0619. The summed E-state index contributed by atoms with van der Waals surface area (Å²) in [4.78, 5) is 22.5. The predicted octanol–water partition coefficient (Wildman–Crippen LogP) is 2.91. The van der Waals surface area contributed by atoms with Gasteiger partial charge >= 0.3 is 0 Å². The number of carbonyl (C=O) groups excluding carboxylic acids is 2. The fourth-order valence-corrected chi connectivity index (χ4v) is 2.13. The molecule has 0 saturated heterocycles. The van der Waals surface area contributed by atoms with Gasteiger partial charge in [-0.2, -0.15) is 0 Å². The number of amides is 1. The van der Waals surface area contributed by atoms with Crippen LogP contribution in [0.5, 0.6) is 0 Å². The molecule has 0 unspecified atom stereocenters. The van der Waals surface area contributed by atoms with Crippen LogP contribution in [0.4, 0.5) is 0 Å². The van der Waals surface area contributed by atoms with Crippen molar-refractivity contribution in [1.82, 2.24) is 5.32 Å². The molecule has 0 fully saturated rings. The highest BCUT2D eigenvalue weighted by Gasteiger charge is 2.10. The van der Waals surface area contributed by atoms with E-state index in [1.54, 1.807) is 0 Å². The van der Waals surface area contributed by atoms with Gasteiger partial charge in [-0.1, -0.05) is 6.07 Å². The Morgan fingerprint density at radius 3 is 2.00 bits per heavy atom. The van der Waals surface area contributed by atoms with Crippen LogP contribution in [0, 0.1) is 27.7 Å². The van der Waals surface area contributed by atoms with E-state index in [1.807, 2.05) is 0 Å². The van der Waals surface area contributed by atoms with Gasteiger partial charge in [-0.3, -0.25) is 4.79 Å². The molecule has 0 heterocycles. The summed E-state index contributed by atoms with van der Waals surface area (Å²) in [5, 5.41) is 2.90. The van der Waals surface area contributed by atoms with Crippen LogP contribution in [-0.2, 0) is 16.1 Å². The number of ketones is 1. The van der Waals surface area contributed by atoms with E-state index >= 15 is 0 Å². The number of carbonyl (C=O) groups is 2. The first-order valence-corrected chi connectivity index (χ1v) is 6.65. The van der Waals surface area contributed by atoms with Gasteiger partial charge < -0.3 is 10.1 Å². The average Bonchev–Trinajstić information content (AvgIpc) is 2.34. The van der Waals surface area contributed by atoms with E-state index in [0.29, 0.717) is 13.0 Å². The van der Waals surface area contributed by atoms with Crippen molar-refractivity contribution in [2.24, 2.45) is 0 Å². The molecule has 0 atom stereocenters. The summed E-state index contributed by atoms with van der Waals surface area (Å²) in [6.45, 7) is 10.4. The van der Waals surface area contributed by atoms with Crippen LogP contribution < -0.4 is 5.32 Å². The molecule has 1 aromatic rings. The second kappa shape index (κ2) is 6.50. The van der Waals surface area contributed by atoms with Crippen molar-refractivity contribution in [3.63, 3.8) is 0 Å². The summed E-state index contributed by atoms with van der Waals surface area (Å²) in [5.41, 5.74) is 6.14. The van der Waals surface area contributed by atoms with Crippen LogP contribution in [0.3, 0.4) is 0 Å². The molecule has 1 N–H and O–H groups in total. The highest BCUT2D eigenvalue weighted by atomic mass is 16.2. The van der Waals surface area contributed by atoms with E-state index in [9.17, 15) is 9.59 Å². The van der Waals surface area contributed by atoms with Gasteiger partial charge in [0, 0.05) is 19.4 Å². The van der Waals surface area contributed by atoms with Gasteiger partial charge in [-0.15, -0.1) is 0 Å². The van der Waals surface area contributed by atoms with E-state index < -0.39 is 0 Å². The van der Waals surface area contributed by atoms with Gasteiger partial charge in [0.05, 0.1) is 0 Å². The Morgan fingerprint density at radius 1 is 1.00 bits per heavy atom. The second-order valence-corrected chi connectivity index (χ2v) is 5.22. The molecule has 3 nitrogen and oxygen atoms in total. The Hall–Kier alpha value is -1.64. The standard InChI is InChI=1S/C16H23NO2/c1-10-8-11(2)14(5)15(13(10)4)9-17-16(19)7-6-12(3)18/h8H,6-7,9H2,1-5H3,(H,17,19). The normalized spacial score (nSPS) is 10.4. The largest absolute Gasteiger partial charge is 0.352 e. The monoisotopic (exact) mass is 261 g/mol. The van der Waals surface area contributed by atoms with Crippen LogP contribution in [-0.4, -0.2) is 11.7 Å². The minimum absolute atomic E-state index is 0.0499. The smallest absolute Gasteiger partial charge is 0.220 e. The summed E-state index contributed by atoms with van der Waals surface area (Å²) >= 11 is 0. The van der Waals surface area contributed by atoms with Gasteiger partial charge in [-0.25, -0.2) is 0 Å². The van der Waals surface area contributed by atoms with Crippen LogP contribution in [0.15, 0.2) is 6.07 Å². The van der Waals surface area contributed by atoms with Gasteiger partial charge in [-0.05, 0) is 62.4 Å². The van der Waals surface area contributed by atoms with E-state index in [-0.39, 0.29) is 18.1 Å². The summed E-state index contributed by atoms with van der Waals surface area (Å²) in [5.74, 6) is -0.0120. The molecular formula is C16H23NO2. The molecule has 0 saturated carbocycles. The van der Waals surface area contributed by atoms with E-state index in [4.69, 9.17) is 0 Å². The molecule has 0 aliphatic carbocycles. The van der Waals surface area contributed by atoms with Crippen molar-refractivity contribution in [1.29, 1.82) is 0 Å². The summed E-state index contributed by atoms with van der Waals surface area (Å²) in [6.07, 6.45) is 0.592. The number of nitrogens with one attached hydrogen (secondary N) is 1. The van der Waals surface area contributed by atoms with E-state index in [2.05, 4.69) is 39.1 Å². The quantitative estimate of drug-likeness (QED) is 0.886. The van der Waals surface area contributed by atoms with Gasteiger partial charge in [0.25, 0.3) is 0 Å². The average molecular weight is 261 g/mol. The lowest BCUT2D eigenvalue weighted by atomic mass is 9.94. The van der Waals surface area contributed by atoms with Crippen molar-refractivity contribution in [2.45, 2.75) is 54.0 Å². The first kappa shape index (κ1) is 15.4. The SMILES string of the molecule is CC(=O)CCC(=O)NCc1c(C)c(C)cc(C)c1C. The maximum Gasteiger partial charge on any atom is 0.220 e. The third kappa shape index (κ3) is 4.19. The lowest BCUT2D eigenvalue weighted by Gasteiger charge is -2.15. The van der Waals surface area contributed by atoms with Crippen LogP contribution in [0.25, 0.3) is 0 Å². The zero-order valence-corrected chi connectivity index (χ0v) is 12.5. The Balaban J connectivity index is 2.73. The molecule has 1 aromatic carbocycles. The summed E-state index contributed by atoms with van der Waals surface area (Å²) in [7, 11) is 0. The number of rotatable bonds is 5. The molecular weight excluding hydrogens is 238 g/mol. The van der Waals surface area contributed by atoms with Gasteiger partial charge in [0.15, 0.2) is 0 Å². The first-order valence-electron chi connectivity index (χ1n) is 6.65. The molecule has 19 heavy (non-hydrogen) atoms. The van der Waals surface area contributed by atoms with Crippen molar-refractivity contribution in [2.75, 3.05) is 0 Å². The molecule has 0 bridgehead atoms. The predicted molar refractivity (Wildman–Crippen MR) is 77.2 cm³/mol. The zero-order chi connectivity index (χ0) is 14.6. The topological polar surface area (TPSA) is 46.2 Å². The number of aryl methyl sites for hydroxylation is 2. The zero-order valence-electron chi connectivity index (χ0n) is 12.5. The van der Waals surface area contributed by atoms with Crippen molar-refractivity contribution in [3.05, 3.63) is 33.9 Å². The van der Waals surface area contributed by atoms with E-state index in [0.717, 1.165) is 0 Å². The third-order valence-corrected chi connectivity index (χ3v) is 3.69. The third-order valence-electron chi connectivity index (χ3n) is 3.69. The Morgan fingerprint density at radius 2 is 1.53 bits per heavy atom. The molecule has 0 spiro atoms. The maximum absolute atomic E-state index is 11.6. The Labute approximate surface area is 115 Å². The molecule has 3 heteroatoms. The molecule has 0 aliphatic rings. The number of Topliss-reactive ketones (excluding diaryl/α,β-unsaturated/α-hetero) is 1. The summed E-state index contributed by atoms with van der Waals surface area (Å²) in [6, 6.07) is 2.17. The molecule has 104 valence electrons. The van der Waals surface area contributed by atoms with Crippen molar-refractivity contribution in [3.8, 4) is 0 Å². The highest BCUT2D eigenvalue weighted by Crippen LogP contribution is 2.21. The van der Waals surface area contributed by atoms with Crippen molar-refractivity contribution < 1.29 is 9.59 Å². The number of hydrogen-bond acceptors (Lipinski definition) is 2. The molecule has 1 rings (SSSR count). The Kier molecular flexibility index (Phi) is 5.28. The highest BCUT2D eigenvalue weighted by molar-refractivity contribution is 5.83. The van der Waals surface area contributed by atoms with E-state index in [1.165, 1.54) is 34.7 Å². The molecule has 0 radical (unpaired) electrons. The lowest BCUT2D eigenvalue weighted by Crippen LogP contribution is -2.24.